The van der Waals surface area contributed by atoms with Crippen LogP contribution in [0.3, 0.4) is 0 Å². The van der Waals surface area contributed by atoms with Crippen molar-refractivity contribution >= 4 is 11.5 Å². The van der Waals surface area contributed by atoms with Gasteiger partial charge in [-0.1, -0.05) is 135 Å². The van der Waals surface area contributed by atoms with Crippen LogP contribution in [0.5, 0.6) is 0 Å². The molecule has 3 aromatic rings. The molecule has 0 radical (unpaired) electrons. The summed E-state index contributed by atoms with van der Waals surface area (Å²) in [6.07, 6.45) is 1.69. The first kappa shape index (κ1) is 25.9. The monoisotopic (exact) mass is 479 g/mol. The summed E-state index contributed by atoms with van der Waals surface area (Å²) < 4.78 is 6.51. The second-order valence-corrected chi connectivity index (χ2v) is 13.0. The van der Waals surface area contributed by atoms with Crippen LogP contribution in [0.25, 0.3) is 5.76 Å². The molecule has 36 heavy (non-hydrogen) atoms. The molecular formula is C34H41NO. The van der Waals surface area contributed by atoms with E-state index in [0.717, 1.165) is 28.2 Å². The van der Waals surface area contributed by atoms with Gasteiger partial charge in [0.2, 0.25) is 6.23 Å². The lowest BCUT2D eigenvalue weighted by atomic mass is 9.86. The number of hydrogen-bond acceptors (Lipinski definition) is 2. The molecule has 0 amide bonds. The van der Waals surface area contributed by atoms with Crippen molar-refractivity contribution in [1.29, 1.82) is 0 Å². The van der Waals surface area contributed by atoms with Gasteiger partial charge in [-0.25, -0.2) is 4.99 Å². The highest BCUT2D eigenvalue weighted by molar-refractivity contribution is 6.12. The molecule has 0 bridgehead atoms. The maximum Gasteiger partial charge on any atom is 0.216 e. The van der Waals surface area contributed by atoms with Gasteiger partial charge >= 0.3 is 0 Å². The van der Waals surface area contributed by atoms with E-state index in [1.165, 1.54) is 16.7 Å². The smallest absolute Gasteiger partial charge is 0.216 e. The summed E-state index contributed by atoms with van der Waals surface area (Å²) in [5.41, 5.74) is 8.43. The largest absolute Gasteiger partial charge is 0.464 e. The molecule has 0 aliphatic carbocycles. The lowest BCUT2D eigenvalue weighted by molar-refractivity contribution is 0.175. The molecule has 0 spiro atoms. The predicted octanol–water partition coefficient (Wildman–Crippen LogP) is 9.14. The van der Waals surface area contributed by atoms with E-state index in [9.17, 15) is 0 Å². The molecule has 2 heteroatoms. The van der Waals surface area contributed by atoms with Crippen molar-refractivity contribution in [1.82, 2.24) is 0 Å². The van der Waals surface area contributed by atoms with E-state index in [-0.39, 0.29) is 16.2 Å². The van der Waals surface area contributed by atoms with Crippen LogP contribution in [-0.4, -0.2) is 5.71 Å². The van der Waals surface area contributed by atoms with Crippen LogP contribution in [0.2, 0.25) is 0 Å². The van der Waals surface area contributed by atoms with E-state index >= 15 is 0 Å². The van der Waals surface area contributed by atoms with Crippen LogP contribution in [0.4, 0.5) is 0 Å². The summed E-state index contributed by atoms with van der Waals surface area (Å²) in [4.78, 5) is 5.06. The highest BCUT2D eigenvalue weighted by Crippen LogP contribution is 2.35. The van der Waals surface area contributed by atoms with Gasteiger partial charge in [-0.2, -0.15) is 0 Å². The van der Waals surface area contributed by atoms with Gasteiger partial charge in [-0.15, -0.1) is 0 Å². The van der Waals surface area contributed by atoms with Gasteiger partial charge in [0, 0.05) is 17.2 Å². The Morgan fingerprint density at radius 2 is 0.917 bits per heavy atom. The first-order valence-corrected chi connectivity index (χ1v) is 13.0. The van der Waals surface area contributed by atoms with Gasteiger partial charge in [-0.3, -0.25) is 0 Å². The Morgan fingerprint density at radius 3 is 1.33 bits per heavy atom. The number of allylic oxidation sites excluding steroid dienone is 1. The van der Waals surface area contributed by atoms with E-state index in [2.05, 4.69) is 141 Å². The van der Waals surface area contributed by atoms with Crippen LogP contribution in [0.15, 0.2) is 83.9 Å². The first-order chi connectivity index (χ1) is 16.7. The molecule has 1 unspecified atom stereocenters. The van der Waals surface area contributed by atoms with Gasteiger partial charge in [0.1, 0.15) is 5.76 Å². The Balaban J connectivity index is 1.74. The molecule has 0 aromatic heterocycles. The highest BCUT2D eigenvalue weighted by atomic mass is 16.5. The molecule has 3 aromatic carbocycles. The summed E-state index contributed by atoms with van der Waals surface area (Å²) in [6.45, 7) is 20.1. The summed E-state index contributed by atoms with van der Waals surface area (Å²) in [5.74, 6) is 0.852. The molecule has 0 N–H and O–H groups in total. The van der Waals surface area contributed by atoms with Crippen molar-refractivity contribution in [2.45, 2.75) is 84.8 Å². The van der Waals surface area contributed by atoms with Crippen molar-refractivity contribution in [2.24, 2.45) is 4.99 Å². The minimum absolute atomic E-state index is 0.106. The highest BCUT2D eigenvalue weighted by Gasteiger charge is 2.24. The fraction of sp³-hybridized carbons (Fsp3) is 0.382. The Morgan fingerprint density at radius 1 is 0.528 bits per heavy atom. The molecule has 188 valence electrons. The van der Waals surface area contributed by atoms with Crippen LogP contribution in [0.1, 0.15) is 102 Å². The first-order valence-electron chi connectivity index (χ1n) is 13.0. The number of ether oxygens (including phenoxy) is 1. The molecule has 1 heterocycles. The summed E-state index contributed by atoms with van der Waals surface area (Å²) >= 11 is 0. The molecule has 1 aliphatic rings. The fourth-order valence-electron chi connectivity index (χ4n) is 4.34. The number of nitrogens with zero attached hydrogens (tertiary/aromatic N) is 1. The normalized spacial score (nSPS) is 16.8. The number of benzene rings is 3. The molecule has 1 atom stereocenters. The van der Waals surface area contributed by atoms with Gasteiger partial charge in [-0.05, 0) is 38.5 Å². The van der Waals surface area contributed by atoms with E-state index < -0.39 is 6.23 Å². The molecule has 0 fully saturated rings. The molecule has 4 rings (SSSR count). The Bertz CT molecular complexity index is 1250. The maximum absolute atomic E-state index is 6.51. The number of aliphatic imine (C=N–C) groups is 1. The molecule has 0 saturated heterocycles. The summed E-state index contributed by atoms with van der Waals surface area (Å²) in [5, 5.41) is 0. The van der Waals surface area contributed by atoms with Crippen molar-refractivity contribution < 1.29 is 4.74 Å². The van der Waals surface area contributed by atoms with Crippen molar-refractivity contribution in [3.05, 3.63) is 112 Å². The molecular weight excluding hydrogens is 438 g/mol. The van der Waals surface area contributed by atoms with Gasteiger partial charge in [0.05, 0.1) is 5.71 Å². The zero-order valence-electron chi connectivity index (χ0n) is 23.4. The fourth-order valence-corrected chi connectivity index (χ4v) is 4.34. The quantitative estimate of drug-likeness (QED) is 0.367. The zero-order valence-corrected chi connectivity index (χ0v) is 23.4. The van der Waals surface area contributed by atoms with Crippen molar-refractivity contribution in [2.75, 3.05) is 0 Å². The summed E-state index contributed by atoms with van der Waals surface area (Å²) in [7, 11) is 0. The lowest BCUT2D eigenvalue weighted by Crippen LogP contribution is -2.15. The van der Waals surface area contributed by atoms with Crippen LogP contribution < -0.4 is 0 Å². The number of hydrogen-bond donors (Lipinski definition) is 0. The third-order valence-corrected chi connectivity index (χ3v) is 6.91. The van der Waals surface area contributed by atoms with E-state index in [1.807, 2.05) is 0 Å². The van der Waals surface area contributed by atoms with E-state index in [4.69, 9.17) is 9.73 Å². The molecule has 1 aliphatic heterocycles. The zero-order chi connectivity index (χ0) is 26.3. The molecule has 0 saturated carbocycles. The van der Waals surface area contributed by atoms with Crippen LogP contribution in [0, 0.1) is 0 Å². The standard InChI is InChI=1S/C34H41NO/c1-32(2,3)26-16-10-23(11-17-26)29-22-30(24-12-18-27(19-13-24)33(4,5)6)36-31(35-29)25-14-20-28(21-15-25)34(7,8)9/h10-22,31H,1-9H3. The lowest BCUT2D eigenvalue weighted by Gasteiger charge is -2.26. The van der Waals surface area contributed by atoms with Gasteiger partial charge in [0.15, 0.2) is 0 Å². The molecule has 2 nitrogen and oxygen atoms in total. The Hall–Kier alpha value is -3.13. The van der Waals surface area contributed by atoms with E-state index in [1.54, 1.807) is 0 Å². The van der Waals surface area contributed by atoms with Crippen LogP contribution in [-0.2, 0) is 21.0 Å². The number of rotatable bonds is 3. The topological polar surface area (TPSA) is 21.6 Å². The van der Waals surface area contributed by atoms with Gasteiger partial charge in [0.25, 0.3) is 0 Å². The maximum atomic E-state index is 6.51. The Labute approximate surface area is 218 Å². The van der Waals surface area contributed by atoms with Gasteiger partial charge < -0.3 is 4.74 Å². The van der Waals surface area contributed by atoms with E-state index in [0.29, 0.717) is 0 Å². The third-order valence-electron chi connectivity index (χ3n) is 6.91. The average molecular weight is 480 g/mol. The third kappa shape index (κ3) is 5.81. The van der Waals surface area contributed by atoms with Crippen LogP contribution >= 0.6 is 0 Å². The average Bonchev–Trinajstić information content (AvgIpc) is 2.82. The predicted molar refractivity (Wildman–Crippen MR) is 154 cm³/mol. The summed E-state index contributed by atoms with van der Waals surface area (Å²) in [6, 6.07) is 26.2. The minimum Gasteiger partial charge on any atom is -0.464 e. The SMILES string of the molecule is CC(C)(C)c1ccc(C2=CC(c3ccc(C(C)(C)C)cc3)=NC(c3ccc(C(C)(C)C)cc3)O2)cc1. The van der Waals surface area contributed by atoms with Crippen molar-refractivity contribution in [3.63, 3.8) is 0 Å². The Kier molecular flexibility index (Phi) is 6.77. The second kappa shape index (κ2) is 9.39. The van der Waals surface area contributed by atoms with Crippen molar-refractivity contribution in [3.8, 4) is 0 Å². The minimum atomic E-state index is -0.390. The second-order valence-electron chi connectivity index (χ2n) is 13.0.